The maximum Gasteiger partial charge on any atom is 0.146 e. The molecule has 0 N–H and O–H groups in total. The van der Waals surface area contributed by atoms with Crippen molar-refractivity contribution < 1.29 is 4.42 Å². The van der Waals surface area contributed by atoms with Crippen molar-refractivity contribution >= 4 is 49.3 Å². The smallest absolute Gasteiger partial charge is 0.146 e. The molecule has 0 amide bonds. The van der Waals surface area contributed by atoms with Crippen LogP contribution >= 0.6 is 0 Å². The van der Waals surface area contributed by atoms with Crippen LogP contribution in [0.15, 0.2) is 199 Å². The number of pyridine rings is 1. The zero-order valence-corrected chi connectivity index (χ0v) is 29.3. The van der Waals surface area contributed by atoms with E-state index in [-0.39, 0.29) is 0 Å². The SMILES string of the molecule is c1ccc(-c2ccc3c(c2)c2cc(-c4cccc(-c5cccc6c5oc5ccccc56)c4)ccc2n2c(-c4ccccc4)c(-c4ccccc4)nc32)cc1. The van der Waals surface area contributed by atoms with E-state index in [1.165, 1.54) is 21.9 Å². The predicted molar refractivity (Wildman–Crippen MR) is 225 cm³/mol. The number of hydrogen-bond donors (Lipinski definition) is 0. The third-order valence-corrected chi connectivity index (χ3v) is 10.8. The number of fused-ring (bicyclic) bond motifs is 9. The summed E-state index contributed by atoms with van der Waals surface area (Å²) in [5, 5.41) is 5.73. The van der Waals surface area contributed by atoms with Crippen LogP contribution < -0.4 is 0 Å². The average molecular weight is 689 g/mol. The van der Waals surface area contributed by atoms with Gasteiger partial charge in [-0.2, -0.15) is 0 Å². The van der Waals surface area contributed by atoms with Crippen molar-refractivity contribution in [3.63, 3.8) is 0 Å². The molecule has 0 spiro atoms. The summed E-state index contributed by atoms with van der Waals surface area (Å²) in [5.74, 6) is 0. The molecule has 3 heterocycles. The summed E-state index contributed by atoms with van der Waals surface area (Å²) >= 11 is 0. The topological polar surface area (TPSA) is 30.4 Å². The van der Waals surface area contributed by atoms with Crippen molar-refractivity contribution in [3.8, 4) is 55.9 Å². The number of imidazole rings is 1. The lowest BCUT2D eigenvalue weighted by molar-refractivity contribution is 0.670. The lowest BCUT2D eigenvalue weighted by Gasteiger charge is -2.14. The third kappa shape index (κ3) is 4.79. The Balaban J connectivity index is 1.18. The van der Waals surface area contributed by atoms with Gasteiger partial charge in [0.15, 0.2) is 0 Å². The van der Waals surface area contributed by atoms with Crippen LogP contribution in [0.1, 0.15) is 0 Å². The monoisotopic (exact) mass is 688 g/mol. The van der Waals surface area contributed by atoms with E-state index >= 15 is 0 Å². The molecule has 0 bridgehead atoms. The normalized spacial score (nSPS) is 11.7. The van der Waals surface area contributed by atoms with Gasteiger partial charge >= 0.3 is 0 Å². The Bertz CT molecular complexity index is 3190. The summed E-state index contributed by atoms with van der Waals surface area (Å²) in [6.07, 6.45) is 0. The van der Waals surface area contributed by atoms with Gasteiger partial charge in [-0.3, -0.25) is 4.40 Å². The van der Waals surface area contributed by atoms with Gasteiger partial charge in [-0.25, -0.2) is 4.98 Å². The second kappa shape index (κ2) is 12.2. The zero-order chi connectivity index (χ0) is 35.6. The molecule has 0 aliphatic rings. The van der Waals surface area contributed by atoms with Crippen molar-refractivity contribution in [3.05, 3.63) is 194 Å². The maximum absolute atomic E-state index is 6.45. The third-order valence-electron chi connectivity index (χ3n) is 10.8. The summed E-state index contributed by atoms with van der Waals surface area (Å²) in [6, 6.07) is 69.1. The van der Waals surface area contributed by atoms with Gasteiger partial charge in [0.25, 0.3) is 0 Å². The first-order chi connectivity index (χ1) is 26.8. The summed E-state index contributed by atoms with van der Waals surface area (Å²) in [4.78, 5) is 5.46. The Kier molecular flexibility index (Phi) is 6.86. The zero-order valence-electron chi connectivity index (χ0n) is 29.3. The van der Waals surface area contributed by atoms with Crippen LogP contribution in [0.2, 0.25) is 0 Å². The van der Waals surface area contributed by atoms with Crippen LogP contribution in [0.5, 0.6) is 0 Å². The summed E-state index contributed by atoms with van der Waals surface area (Å²) in [5.41, 5.74) is 15.0. The fourth-order valence-corrected chi connectivity index (χ4v) is 8.23. The Labute approximate surface area is 312 Å². The molecule has 0 fully saturated rings. The van der Waals surface area contributed by atoms with Crippen molar-refractivity contribution in [2.45, 2.75) is 0 Å². The standard InChI is InChI=1S/C51H32N2O/c1-4-14-33(15-5-1)37-26-28-43-44(31-37)45-32-38(36-20-12-21-39(30-36)40-23-13-24-42-41-22-10-11-25-47(41)54-50(40)42)27-29-46(45)53-49(35-18-8-3-9-19-35)48(52-51(43)53)34-16-6-2-7-17-34/h1-32H. The van der Waals surface area contributed by atoms with Crippen molar-refractivity contribution in [2.24, 2.45) is 0 Å². The average Bonchev–Trinajstić information content (AvgIpc) is 3.84. The molecule has 252 valence electrons. The van der Waals surface area contributed by atoms with E-state index in [0.717, 1.165) is 83.3 Å². The highest BCUT2D eigenvalue weighted by Gasteiger charge is 2.22. The summed E-state index contributed by atoms with van der Waals surface area (Å²) < 4.78 is 8.83. The van der Waals surface area contributed by atoms with Crippen molar-refractivity contribution in [1.29, 1.82) is 0 Å². The van der Waals surface area contributed by atoms with Gasteiger partial charge in [-0.05, 0) is 69.6 Å². The minimum Gasteiger partial charge on any atom is -0.455 e. The van der Waals surface area contributed by atoms with Crippen LogP contribution in [0.3, 0.4) is 0 Å². The van der Waals surface area contributed by atoms with Crippen LogP contribution in [-0.2, 0) is 0 Å². The second-order valence-corrected chi connectivity index (χ2v) is 13.9. The molecular weight excluding hydrogens is 657 g/mol. The van der Waals surface area contributed by atoms with Gasteiger partial charge in [0.2, 0.25) is 0 Å². The molecule has 11 aromatic rings. The van der Waals surface area contributed by atoms with Gasteiger partial charge in [0, 0.05) is 38.2 Å². The molecular formula is C51H32N2O. The quantitative estimate of drug-likeness (QED) is 0.169. The lowest BCUT2D eigenvalue weighted by atomic mass is 9.95. The number of benzene rings is 8. The number of nitrogens with zero attached hydrogens (tertiary/aromatic N) is 2. The van der Waals surface area contributed by atoms with Crippen LogP contribution in [0, 0.1) is 0 Å². The Morgan fingerprint density at radius 3 is 1.78 bits per heavy atom. The van der Waals surface area contributed by atoms with Gasteiger partial charge < -0.3 is 4.42 Å². The molecule has 3 nitrogen and oxygen atoms in total. The molecule has 54 heavy (non-hydrogen) atoms. The number of para-hydroxylation sites is 2. The van der Waals surface area contributed by atoms with Crippen LogP contribution in [0.25, 0.3) is 105 Å². The first-order valence-corrected chi connectivity index (χ1v) is 18.4. The van der Waals surface area contributed by atoms with E-state index in [0.29, 0.717) is 0 Å². The molecule has 3 heteroatoms. The molecule has 0 radical (unpaired) electrons. The van der Waals surface area contributed by atoms with Gasteiger partial charge in [0.05, 0.1) is 16.9 Å². The minimum absolute atomic E-state index is 0.906. The highest BCUT2D eigenvalue weighted by atomic mass is 16.3. The molecule has 8 aromatic carbocycles. The summed E-state index contributed by atoms with van der Waals surface area (Å²) in [6.45, 7) is 0. The highest BCUT2D eigenvalue weighted by molar-refractivity contribution is 6.15. The van der Waals surface area contributed by atoms with Crippen molar-refractivity contribution in [1.82, 2.24) is 9.38 Å². The first kappa shape index (κ1) is 30.4. The molecule has 3 aromatic heterocycles. The number of furan rings is 1. The predicted octanol–water partition coefficient (Wildman–Crippen LogP) is 13.9. The molecule has 0 saturated heterocycles. The largest absolute Gasteiger partial charge is 0.455 e. The fraction of sp³-hybridized carbons (Fsp3) is 0. The van der Waals surface area contributed by atoms with E-state index < -0.39 is 0 Å². The van der Waals surface area contributed by atoms with Crippen molar-refractivity contribution in [2.75, 3.05) is 0 Å². The molecule has 0 saturated carbocycles. The molecule has 11 rings (SSSR count). The molecule has 0 aliphatic carbocycles. The first-order valence-electron chi connectivity index (χ1n) is 18.4. The van der Waals surface area contributed by atoms with Gasteiger partial charge in [-0.1, -0.05) is 158 Å². The second-order valence-electron chi connectivity index (χ2n) is 13.9. The van der Waals surface area contributed by atoms with Crippen LogP contribution in [0.4, 0.5) is 0 Å². The van der Waals surface area contributed by atoms with E-state index in [1.54, 1.807) is 0 Å². The number of rotatable bonds is 5. The number of hydrogen-bond acceptors (Lipinski definition) is 2. The summed E-state index contributed by atoms with van der Waals surface area (Å²) in [7, 11) is 0. The minimum atomic E-state index is 0.906. The molecule has 0 unspecified atom stereocenters. The van der Waals surface area contributed by atoms with E-state index in [4.69, 9.17) is 9.40 Å². The lowest BCUT2D eigenvalue weighted by Crippen LogP contribution is -1.95. The molecule has 0 aliphatic heterocycles. The van der Waals surface area contributed by atoms with Gasteiger partial charge in [-0.15, -0.1) is 0 Å². The fourth-order valence-electron chi connectivity index (χ4n) is 8.23. The van der Waals surface area contributed by atoms with Crippen LogP contribution in [-0.4, -0.2) is 9.38 Å². The molecule has 0 atom stereocenters. The number of aromatic nitrogens is 2. The van der Waals surface area contributed by atoms with E-state index in [9.17, 15) is 0 Å². The van der Waals surface area contributed by atoms with E-state index in [2.05, 4.69) is 186 Å². The van der Waals surface area contributed by atoms with Gasteiger partial charge in [0.1, 0.15) is 16.8 Å². The Morgan fingerprint density at radius 2 is 0.963 bits per heavy atom. The highest BCUT2D eigenvalue weighted by Crippen LogP contribution is 2.42. The Morgan fingerprint density at radius 1 is 0.370 bits per heavy atom. The van der Waals surface area contributed by atoms with E-state index in [1.807, 2.05) is 12.1 Å². The maximum atomic E-state index is 6.45. The Hall–Kier alpha value is -7.23.